The first-order valence-corrected chi connectivity index (χ1v) is 16.1. The molecule has 0 spiro atoms. The molecule has 0 unspecified atom stereocenters. The van der Waals surface area contributed by atoms with Crippen molar-refractivity contribution >= 4 is 38.9 Å². The second-order valence-corrected chi connectivity index (χ2v) is 12.8. The Labute approximate surface area is 274 Å². The van der Waals surface area contributed by atoms with Gasteiger partial charge >= 0.3 is 0 Å². The predicted molar refractivity (Wildman–Crippen MR) is 195 cm³/mol. The van der Waals surface area contributed by atoms with Crippen LogP contribution in [0.5, 0.6) is 0 Å². The highest BCUT2D eigenvalue weighted by molar-refractivity contribution is 6.03. The quantitative estimate of drug-likeness (QED) is 0.196. The summed E-state index contributed by atoms with van der Waals surface area (Å²) in [5.41, 5.74) is 13.5. The fourth-order valence-electron chi connectivity index (χ4n) is 7.34. The molecule has 7 aromatic carbocycles. The van der Waals surface area contributed by atoms with Crippen molar-refractivity contribution in [3.63, 3.8) is 0 Å². The number of nitrogens with zero attached hydrogens (tertiary/aromatic N) is 2. The number of benzene rings is 7. The Bertz CT molecular complexity index is 2440. The van der Waals surface area contributed by atoms with Gasteiger partial charge in [-0.1, -0.05) is 123 Å². The van der Waals surface area contributed by atoms with Gasteiger partial charge < -0.3 is 9.32 Å². The molecule has 0 radical (unpaired) electrons. The van der Waals surface area contributed by atoms with Crippen LogP contribution in [0.4, 0.5) is 17.1 Å². The van der Waals surface area contributed by atoms with Crippen molar-refractivity contribution in [1.82, 2.24) is 4.98 Å². The minimum Gasteiger partial charge on any atom is -0.435 e. The lowest BCUT2D eigenvalue weighted by Gasteiger charge is -2.29. The lowest BCUT2D eigenvalue weighted by Crippen LogP contribution is -2.15. The van der Waals surface area contributed by atoms with E-state index in [0.29, 0.717) is 5.89 Å². The predicted octanol–water partition coefficient (Wildman–Crippen LogP) is 12.1. The Morgan fingerprint density at radius 2 is 1.21 bits per heavy atom. The summed E-state index contributed by atoms with van der Waals surface area (Å²) in [5.74, 6) is 0.621. The van der Waals surface area contributed by atoms with E-state index in [1.165, 1.54) is 33.4 Å². The summed E-state index contributed by atoms with van der Waals surface area (Å²) in [6.07, 6.45) is 0. The lowest BCUT2D eigenvalue weighted by molar-refractivity contribution is 0.623. The summed E-state index contributed by atoms with van der Waals surface area (Å²) in [4.78, 5) is 7.25. The van der Waals surface area contributed by atoms with Gasteiger partial charge in [-0.25, -0.2) is 4.98 Å². The lowest BCUT2D eigenvalue weighted by atomic mass is 9.82. The highest BCUT2D eigenvalue weighted by atomic mass is 16.3. The van der Waals surface area contributed by atoms with Crippen molar-refractivity contribution in [2.75, 3.05) is 4.90 Å². The van der Waals surface area contributed by atoms with Gasteiger partial charge in [-0.3, -0.25) is 0 Å². The number of hydrogen-bond donors (Lipinski definition) is 0. The molecule has 9 rings (SSSR count). The molecule has 8 aromatic rings. The van der Waals surface area contributed by atoms with Gasteiger partial charge in [-0.2, -0.15) is 0 Å². The van der Waals surface area contributed by atoms with E-state index < -0.39 is 0 Å². The van der Waals surface area contributed by atoms with Crippen LogP contribution >= 0.6 is 0 Å². The van der Waals surface area contributed by atoms with Gasteiger partial charge in [0, 0.05) is 33.3 Å². The average molecular weight is 605 g/mol. The minimum atomic E-state index is -0.0518. The Kier molecular flexibility index (Phi) is 6.16. The maximum absolute atomic E-state index is 6.39. The fourth-order valence-corrected chi connectivity index (χ4v) is 7.34. The monoisotopic (exact) mass is 604 g/mol. The first-order valence-electron chi connectivity index (χ1n) is 16.1. The van der Waals surface area contributed by atoms with Crippen LogP contribution in [0.25, 0.3) is 55.6 Å². The molecular formula is C44H32N2O. The zero-order chi connectivity index (χ0) is 31.5. The van der Waals surface area contributed by atoms with Gasteiger partial charge in [0.1, 0.15) is 5.52 Å². The second-order valence-electron chi connectivity index (χ2n) is 12.8. The van der Waals surface area contributed by atoms with Crippen LogP contribution in [0.1, 0.15) is 25.0 Å². The van der Waals surface area contributed by atoms with E-state index in [-0.39, 0.29) is 5.41 Å². The number of aromatic nitrogens is 1. The van der Waals surface area contributed by atoms with Crippen LogP contribution in [0.15, 0.2) is 162 Å². The molecule has 3 nitrogen and oxygen atoms in total. The van der Waals surface area contributed by atoms with E-state index in [9.17, 15) is 0 Å². The van der Waals surface area contributed by atoms with Crippen molar-refractivity contribution in [2.24, 2.45) is 0 Å². The molecule has 1 heterocycles. The molecule has 0 saturated heterocycles. The first kappa shape index (κ1) is 27.4. The standard InChI is InChI=1S/C44H32N2O/c1-44(2)38-18-10-8-17-36(38)37-28-33(25-26-39(37)44)46(41-19-11-9-15-34(41)29-12-4-3-5-13-29)32-23-20-31(21-24-32)43-45-40-27-22-30-14-6-7-16-35(30)42(40)47-43/h3-28H,1-2H3. The third-order valence-corrected chi connectivity index (χ3v) is 9.71. The molecule has 1 aliphatic rings. The molecule has 0 N–H and O–H groups in total. The van der Waals surface area contributed by atoms with Crippen molar-refractivity contribution in [2.45, 2.75) is 19.3 Å². The van der Waals surface area contributed by atoms with Gasteiger partial charge in [-0.05, 0) is 81.7 Å². The fraction of sp³-hybridized carbons (Fsp3) is 0.0682. The Balaban J connectivity index is 1.20. The van der Waals surface area contributed by atoms with E-state index in [4.69, 9.17) is 9.40 Å². The molecule has 0 aliphatic heterocycles. The van der Waals surface area contributed by atoms with Gasteiger partial charge in [0.15, 0.2) is 5.58 Å². The van der Waals surface area contributed by atoms with Crippen LogP contribution in [0.3, 0.4) is 0 Å². The van der Waals surface area contributed by atoms with E-state index in [1.54, 1.807) is 0 Å². The Morgan fingerprint density at radius 1 is 0.532 bits per heavy atom. The number of fused-ring (bicyclic) bond motifs is 6. The molecule has 0 fully saturated rings. The summed E-state index contributed by atoms with van der Waals surface area (Å²) in [7, 11) is 0. The van der Waals surface area contributed by atoms with Gasteiger partial charge in [0.05, 0.1) is 5.69 Å². The van der Waals surface area contributed by atoms with Gasteiger partial charge in [-0.15, -0.1) is 0 Å². The van der Waals surface area contributed by atoms with Crippen molar-refractivity contribution in [1.29, 1.82) is 0 Å². The molecule has 3 heteroatoms. The van der Waals surface area contributed by atoms with Crippen LogP contribution in [-0.4, -0.2) is 4.98 Å². The highest BCUT2D eigenvalue weighted by Crippen LogP contribution is 2.51. The average Bonchev–Trinajstić information content (AvgIpc) is 3.67. The molecule has 0 atom stereocenters. The topological polar surface area (TPSA) is 29.3 Å². The number of para-hydroxylation sites is 1. The first-order chi connectivity index (χ1) is 23.1. The largest absolute Gasteiger partial charge is 0.435 e. The van der Waals surface area contributed by atoms with Crippen molar-refractivity contribution < 1.29 is 4.42 Å². The van der Waals surface area contributed by atoms with E-state index in [0.717, 1.165) is 44.5 Å². The molecule has 0 amide bonds. The molecule has 1 aliphatic carbocycles. The molecule has 0 saturated carbocycles. The smallest absolute Gasteiger partial charge is 0.227 e. The van der Waals surface area contributed by atoms with Crippen molar-refractivity contribution in [3.8, 4) is 33.7 Å². The minimum absolute atomic E-state index is 0.0518. The SMILES string of the molecule is CC1(C)c2ccccc2-c2cc(N(c3ccc(-c4nc5ccc6ccccc6c5o4)cc3)c3ccccc3-c3ccccc3)ccc21. The molecule has 224 valence electrons. The van der Waals surface area contributed by atoms with E-state index >= 15 is 0 Å². The number of anilines is 3. The normalized spacial score (nSPS) is 13.1. The number of oxazole rings is 1. The highest BCUT2D eigenvalue weighted by Gasteiger charge is 2.35. The molecular weight excluding hydrogens is 572 g/mol. The van der Waals surface area contributed by atoms with Crippen LogP contribution in [0, 0.1) is 0 Å². The summed E-state index contributed by atoms with van der Waals surface area (Å²) in [6, 6.07) is 56.1. The zero-order valence-electron chi connectivity index (χ0n) is 26.3. The summed E-state index contributed by atoms with van der Waals surface area (Å²) >= 11 is 0. The molecule has 1 aromatic heterocycles. The summed E-state index contributed by atoms with van der Waals surface area (Å²) in [6.45, 7) is 4.65. The Hall–Kier alpha value is -5.93. The zero-order valence-corrected chi connectivity index (χ0v) is 26.3. The van der Waals surface area contributed by atoms with Crippen LogP contribution in [0.2, 0.25) is 0 Å². The van der Waals surface area contributed by atoms with Gasteiger partial charge in [0.25, 0.3) is 0 Å². The van der Waals surface area contributed by atoms with E-state index in [1.807, 2.05) is 18.2 Å². The van der Waals surface area contributed by atoms with E-state index in [2.05, 4.69) is 158 Å². The summed E-state index contributed by atoms with van der Waals surface area (Å²) in [5, 5.41) is 2.22. The number of hydrogen-bond acceptors (Lipinski definition) is 3. The second kappa shape index (κ2) is 10.6. The third kappa shape index (κ3) is 4.39. The molecule has 0 bridgehead atoms. The molecule has 47 heavy (non-hydrogen) atoms. The van der Waals surface area contributed by atoms with Crippen molar-refractivity contribution in [3.05, 3.63) is 169 Å². The number of rotatable bonds is 5. The summed E-state index contributed by atoms with van der Waals surface area (Å²) < 4.78 is 6.39. The Morgan fingerprint density at radius 3 is 2.06 bits per heavy atom. The maximum atomic E-state index is 6.39. The van der Waals surface area contributed by atoms with Gasteiger partial charge in [0.2, 0.25) is 5.89 Å². The van der Waals surface area contributed by atoms with Crippen LogP contribution < -0.4 is 4.90 Å². The van der Waals surface area contributed by atoms with Crippen LogP contribution in [-0.2, 0) is 5.41 Å². The third-order valence-electron chi connectivity index (χ3n) is 9.71. The maximum Gasteiger partial charge on any atom is 0.227 e.